The number of hydrogen-bond donors (Lipinski definition) is 2. The van der Waals surface area contributed by atoms with Crippen LogP contribution in [0.3, 0.4) is 0 Å². The summed E-state index contributed by atoms with van der Waals surface area (Å²) >= 11 is 0. The van der Waals surface area contributed by atoms with E-state index in [2.05, 4.69) is 31.9 Å². The summed E-state index contributed by atoms with van der Waals surface area (Å²) in [5.41, 5.74) is 2.87. The van der Waals surface area contributed by atoms with E-state index in [1.807, 2.05) is 24.3 Å². The van der Waals surface area contributed by atoms with Crippen LogP contribution in [0.1, 0.15) is 16.1 Å². The third kappa shape index (κ3) is 3.61. The van der Waals surface area contributed by atoms with Crippen molar-refractivity contribution in [2.75, 3.05) is 10.6 Å². The largest absolute Gasteiger partial charge is 0.339 e. The zero-order valence-corrected chi connectivity index (χ0v) is 14.6. The molecular formula is C21H14N6O. The maximum absolute atomic E-state index is 12.5. The van der Waals surface area contributed by atoms with E-state index in [9.17, 15) is 4.79 Å². The fourth-order valence-corrected chi connectivity index (χ4v) is 2.69. The number of carbonyl (C=O) groups excluding carboxylic acids is 1. The Morgan fingerprint density at radius 3 is 2.50 bits per heavy atom. The SMILES string of the molecule is N#Cc1ccc(Nc2ccc(C(=O)Nc3cccc4cccnc34)nn2)cc1. The molecule has 2 N–H and O–H groups in total. The summed E-state index contributed by atoms with van der Waals surface area (Å²) in [4.78, 5) is 16.8. The average molecular weight is 366 g/mol. The molecule has 134 valence electrons. The van der Waals surface area contributed by atoms with E-state index < -0.39 is 0 Å². The molecule has 0 spiro atoms. The Balaban J connectivity index is 1.48. The van der Waals surface area contributed by atoms with Crippen LogP contribution in [0.15, 0.2) is 72.9 Å². The second-order valence-corrected chi connectivity index (χ2v) is 5.95. The number of fused-ring (bicyclic) bond motifs is 1. The number of pyridine rings is 1. The smallest absolute Gasteiger partial charge is 0.276 e. The van der Waals surface area contributed by atoms with Crippen molar-refractivity contribution in [3.8, 4) is 6.07 Å². The van der Waals surface area contributed by atoms with E-state index in [-0.39, 0.29) is 11.6 Å². The first-order chi connectivity index (χ1) is 13.7. The molecule has 1 amide bonds. The van der Waals surface area contributed by atoms with Crippen LogP contribution >= 0.6 is 0 Å². The lowest BCUT2D eigenvalue weighted by molar-refractivity contribution is 0.102. The van der Waals surface area contributed by atoms with Crippen molar-refractivity contribution in [2.24, 2.45) is 0 Å². The van der Waals surface area contributed by atoms with E-state index in [0.717, 1.165) is 11.1 Å². The Labute approximate surface area is 160 Å². The molecule has 4 aromatic rings. The number of amides is 1. The van der Waals surface area contributed by atoms with E-state index in [1.165, 1.54) is 0 Å². The van der Waals surface area contributed by atoms with Gasteiger partial charge in [-0.25, -0.2) is 0 Å². The van der Waals surface area contributed by atoms with E-state index >= 15 is 0 Å². The molecule has 0 bridgehead atoms. The number of carbonyl (C=O) groups is 1. The van der Waals surface area contributed by atoms with Crippen LogP contribution in [0.25, 0.3) is 10.9 Å². The molecule has 7 nitrogen and oxygen atoms in total. The highest BCUT2D eigenvalue weighted by atomic mass is 16.1. The highest BCUT2D eigenvalue weighted by Crippen LogP contribution is 2.21. The Kier molecular flexibility index (Phi) is 4.59. The zero-order chi connectivity index (χ0) is 19.3. The van der Waals surface area contributed by atoms with Crippen LogP contribution in [0.5, 0.6) is 0 Å². The summed E-state index contributed by atoms with van der Waals surface area (Å²) in [5.74, 6) is 0.128. The Morgan fingerprint density at radius 2 is 1.75 bits per heavy atom. The van der Waals surface area contributed by atoms with Gasteiger partial charge in [-0.15, -0.1) is 10.2 Å². The summed E-state index contributed by atoms with van der Waals surface area (Å²) in [6.07, 6.45) is 1.68. The Morgan fingerprint density at radius 1 is 0.929 bits per heavy atom. The molecule has 0 atom stereocenters. The number of anilines is 3. The zero-order valence-electron chi connectivity index (χ0n) is 14.6. The number of hydrogen-bond acceptors (Lipinski definition) is 6. The monoisotopic (exact) mass is 366 g/mol. The van der Waals surface area contributed by atoms with Gasteiger partial charge in [-0.2, -0.15) is 5.26 Å². The van der Waals surface area contributed by atoms with E-state index in [4.69, 9.17) is 5.26 Å². The number of nitriles is 1. The molecule has 0 aliphatic carbocycles. The fourth-order valence-electron chi connectivity index (χ4n) is 2.69. The minimum absolute atomic E-state index is 0.193. The van der Waals surface area contributed by atoms with Crippen molar-refractivity contribution in [2.45, 2.75) is 0 Å². The van der Waals surface area contributed by atoms with Crippen molar-refractivity contribution in [3.05, 3.63) is 84.2 Å². The highest BCUT2D eigenvalue weighted by molar-refractivity contribution is 6.07. The molecule has 0 fully saturated rings. The van der Waals surface area contributed by atoms with Crippen molar-refractivity contribution >= 4 is 34.0 Å². The molecule has 4 rings (SSSR count). The van der Waals surface area contributed by atoms with Gasteiger partial charge in [0.2, 0.25) is 0 Å². The molecule has 0 saturated heterocycles. The summed E-state index contributed by atoms with van der Waals surface area (Å²) in [6, 6.07) is 21.6. The van der Waals surface area contributed by atoms with Crippen molar-refractivity contribution < 1.29 is 4.79 Å². The minimum Gasteiger partial charge on any atom is -0.339 e. The summed E-state index contributed by atoms with van der Waals surface area (Å²) in [5, 5.41) is 23.7. The summed E-state index contributed by atoms with van der Waals surface area (Å²) < 4.78 is 0. The first kappa shape index (κ1) is 17.1. The Bertz CT molecular complexity index is 1170. The maximum Gasteiger partial charge on any atom is 0.276 e. The third-order valence-electron chi connectivity index (χ3n) is 4.06. The summed E-state index contributed by atoms with van der Waals surface area (Å²) in [7, 11) is 0. The van der Waals surface area contributed by atoms with Gasteiger partial charge in [-0.1, -0.05) is 18.2 Å². The molecular weight excluding hydrogens is 352 g/mol. The van der Waals surface area contributed by atoms with Gasteiger partial charge in [0.1, 0.15) is 0 Å². The summed E-state index contributed by atoms with van der Waals surface area (Å²) in [6.45, 7) is 0. The van der Waals surface area contributed by atoms with Crippen molar-refractivity contribution in [3.63, 3.8) is 0 Å². The van der Waals surface area contributed by atoms with Crippen LogP contribution in [-0.2, 0) is 0 Å². The molecule has 0 aliphatic heterocycles. The minimum atomic E-state index is -0.365. The van der Waals surface area contributed by atoms with Gasteiger partial charge in [0.05, 0.1) is 22.8 Å². The van der Waals surface area contributed by atoms with Crippen molar-refractivity contribution in [1.29, 1.82) is 5.26 Å². The lowest BCUT2D eigenvalue weighted by Crippen LogP contribution is -2.15. The maximum atomic E-state index is 12.5. The number of nitrogens with zero attached hydrogens (tertiary/aromatic N) is 4. The normalized spacial score (nSPS) is 10.2. The molecule has 2 aromatic heterocycles. The Hall–Kier alpha value is -4.31. The number of para-hydroxylation sites is 1. The second kappa shape index (κ2) is 7.51. The highest BCUT2D eigenvalue weighted by Gasteiger charge is 2.11. The number of rotatable bonds is 4. The molecule has 0 aliphatic rings. The quantitative estimate of drug-likeness (QED) is 0.568. The van der Waals surface area contributed by atoms with Crippen LogP contribution in [0.2, 0.25) is 0 Å². The standard InChI is InChI=1S/C21H14N6O/c22-13-14-6-8-16(9-7-14)24-19-11-10-18(26-27-19)21(28)25-17-5-1-3-15-4-2-12-23-20(15)17/h1-12H,(H,24,27)(H,25,28). The van der Waals surface area contributed by atoms with Gasteiger partial charge in [0, 0.05) is 17.3 Å². The fraction of sp³-hybridized carbons (Fsp3) is 0. The molecule has 28 heavy (non-hydrogen) atoms. The average Bonchev–Trinajstić information content (AvgIpc) is 2.75. The van der Waals surface area contributed by atoms with Crippen LogP contribution in [0.4, 0.5) is 17.2 Å². The lowest BCUT2D eigenvalue weighted by atomic mass is 10.2. The molecule has 2 aromatic carbocycles. The van der Waals surface area contributed by atoms with Crippen molar-refractivity contribution in [1.82, 2.24) is 15.2 Å². The van der Waals surface area contributed by atoms with Gasteiger partial charge < -0.3 is 10.6 Å². The van der Waals surface area contributed by atoms with Crippen LogP contribution in [-0.4, -0.2) is 21.1 Å². The lowest BCUT2D eigenvalue weighted by Gasteiger charge is -2.08. The topological polar surface area (TPSA) is 104 Å². The number of benzene rings is 2. The first-order valence-corrected chi connectivity index (χ1v) is 8.49. The molecule has 7 heteroatoms. The molecule has 0 saturated carbocycles. The molecule has 2 heterocycles. The second-order valence-electron chi connectivity index (χ2n) is 5.95. The van der Waals surface area contributed by atoms with E-state index in [1.54, 1.807) is 48.7 Å². The van der Waals surface area contributed by atoms with Gasteiger partial charge in [0.15, 0.2) is 11.5 Å². The van der Waals surface area contributed by atoms with Gasteiger partial charge >= 0.3 is 0 Å². The van der Waals surface area contributed by atoms with Gasteiger partial charge in [0.25, 0.3) is 5.91 Å². The van der Waals surface area contributed by atoms with E-state index in [0.29, 0.717) is 22.6 Å². The molecule has 0 unspecified atom stereocenters. The van der Waals surface area contributed by atoms with Gasteiger partial charge in [-0.3, -0.25) is 9.78 Å². The predicted molar refractivity (Wildman–Crippen MR) is 106 cm³/mol. The van der Waals surface area contributed by atoms with Gasteiger partial charge in [-0.05, 0) is 48.5 Å². The first-order valence-electron chi connectivity index (χ1n) is 8.49. The predicted octanol–water partition coefficient (Wildman–Crippen LogP) is 3.89. The number of nitrogens with one attached hydrogen (secondary N) is 2. The van der Waals surface area contributed by atoms with Crippen LogP contribution in [0, 0.1) is 11.3 Å². The van der Waals surface area contributed by atoms with Crippen LogP contribution < -0.4 is 10.6 Å². The number of aromatic nitrogens is 3. The third-order valence-corrected chi connectivity index (χ3v) is 4.06. The molecule has 0 radical (unpaired) electrons.